The van der Waals surface area contributed by atoms with Gasteiger partial charge in [0.2, 0.25) is 0 Å². The van der Waals surface area contributed by atoms with Crippen LogP contribution in [-0.2, 0) is 0 Å². The fourth-order valence-corrected chi connectivity index (χ4v) is 1.58. The lowest BCUT2D eigenvalue weighted by molar-refractivity contribution is 0.625. The van der Waals surface area contributed by atoms with Crippen molar-refractivity contribution in [1.29, 1.82) is 0 Å². The van der Waals surface area contributed by atoms with Crippen molar-refractivity contribution < 1.29 is 4.39 Å². The van der Waals surface area contributed by atoms with E-state index in [9.17, 15) is 4.39 Å². The fraction of sp³-hybridized carbons (Fsp3) is 0.154. The second kappa shape index (κ2) is 4.41. The summed E-state index contributed by atoms with van der Waals surface area (Å²) >= 11 is 0. The third-order valence-electron chi connectivity index (χ3n) is 2.52. The number of benzene rings is 1. The summed E-state index contributed by atoms with van der Waals surface area (Å²) in [4.78, 5) is 3.72. The highest BCUT2D eigenvalue weighted by molar-refractivity contribution is 5.63. The Hall–Kier alpha value is -1.74. The fourth-order valence-electron chi connectivity index (χ4n) is 1.58. The first-order valence-corrected chi connectivity index (χ1v) is 5.14. The van der Waals surface area contributed by atoms with E-state index < -0.39 is 0 Å². The Labute approximate surface area is 93.9 Å². The van der Waals surface area contributed by atoms with Crippen molar-refractivity contribution in [2.24, 2.45) is 5.73 Å². The molecule has 0 aliphatic rings. The Morgan fingerprint density at radius 3 is 2.44 bits per heavy atom. The number of nitrogens with two attached hydrogens (primary N) is 1. The number of hydrogen-bond acceptors (Lipinski definition) is 2. The molecule has 0 saturated heterocycles. The molecule has 0 amide bonds. The standard InChI is InChI=1S/C13H13FN2/c1-9(15)10-2-4-11(5-3-10)12-6-7-16-8-13(12)14/h2-9H,15H2,1H3. The van der Waals surface area contributed by atoms with Crippen molar-refractivity contribution in [2.75, 3.05) is 0 Å². The topological polar surface area (TPSA) is 38.9 Å². The second-order valence-electron chi connectivity index (χ2n) is 3.77. The number of halogens is 1. The zero-order valence-electron chi connectivity index (χ0n) is 9.02. The molecule has 1 unspecified atom stereocenters. The average molecular weight is 216 g/mol. The number of rotatable bonds is 2. The Morgan fingerprint density at radius 2 is 1.88 bits per heavy atom. The summed E-state index contributed by atoms with van der Waals surface area (Å²) in [5.74, 6) is -0.309. The van der Waals surface area contributed by atoms with Crippen molar-refractivity contribution in [3.05, 3.63) is 54.1 Å². The molecule has 0 radical (unpaired) electrons. The molecule has 2 N–H and O–H groups in total. The van der Waals surface area contributed by atoms with Gasteiger partial charge in [-0.1, -0.05) is 24.3 Å². The first-order chi connectivity index (χ1) is 7.68. The molecule has 2 rings (SSSR count). The lowest BCUT2D eigenvalue weighted by Crippen LogP contribution is -2.04. The molecule has 0 bridgehead atoms. The zero-order valence-corrected chi connectivity index (χ0v) is 9.02. The SMILES string of the molecule is CC(N)c1ccc(-c2ccncc2F)cc1. The second-order valence-corrected chi connectivity index (χ2v) is 3.77. The van der Waals surface area contributed by atoms with Crippen molar-refractivity contribution in [2.45, 2.75) is 13.0 Å². The minimum Gasteiger partial charge on any atom is -0.324 e. The molecular formula is C13H13FN2. The van der Waals surface area contributed by atoms with Crippen LogP contribution >= 0.6 is 0 Å². The Balaban J connectivity index is 2.39. The van der Waals surface area contributed by atoms with Gasteiger partial charge in [-0.25, -0.2) is 4.39 Å². The summed E-state index contributed by atoms with van der Waals surface area (Å²) in [6.07, 6.45) is 2.80. The number of pyridine rings is 1. The molecule has 1 aromatic carbocycles. The minimum absolute atomic E-state index is 0.00339. The van der Waals surface area contributed by atoms with Gasteiger partial charge >= 0.3 is 0 Å². The maximum Gasteiger partial charge on any atom is 0.149 e. The maximum atomic E-state index is 13.4. The molecule has 1 heterocycles. The van der Waals surface area contributed by atoms with E-state index in [0.29, 0.717) is 5.56 Å². The van der Waals surface area contributed by atoms with Gasteiger partial charge < -0.3 is 5.73 Å². The summed E-state index contributed by atoms with van der Waals surface area (Å²) in [5, 5.41) is 0. The molecule has 0 saturated carbocycles. The molecule has 1 aromatic heterocycles. The van der Waals surface area contributed by atoms with Crippen LogP contribution in [0.25, 0.3) is 11.1 Å². The summed E-state index contributed by atoms with van der Waals surface area (Å²) < 4.78 is 13.4. The highest BCUT2D eigenvalue weighted by Gasteiger charge is 2.05. The van der Waals surface area contributed by atoms with Crippen LogP contribution in [0.15, 0.2) is 42.7 Å². The van der Waals surface area contributed by atoms with Gasteiger partial charge in [0, 0.05) is 17.8 Å². The largest absolute Gasteiger partial charge is 0.324 e. The van der Waals surface area contributed by atoms with Gasteiger partial charge in [-0.2, -0.15) is 0 Å². The Kier molecular flexibility index (Phi) is 2.97. The van der Waals surface area contributed by atoms with Crippen molar-refractivity contribution in [3.8, 4) is 11.1 Å². The number of hydrogen-bond donors (Lipinski definition) is 1. The van der Waals surface area contributed by atoms with Crippen LogP contribution in [0.3, 0.4) is 0 Å². The van der Waals surface area contributed by atoms with Crippen molar-refractivity contribution in [1.82, 2.24) is 4.98 Å². The number of aromatic nitrogens is 1. The van der Waals surface area contributed by atoms with Crippen molar-refractivity contribution >= 4 is 0 Å². The summed E-state index contributed by atoms with van der Waals surface area (Å²) in [6.45, 7) is 1.92. The minimum atomic E-state index is -0.309. The van der Waals surface area contributed by atoms with Crippen molar-refractivity contribution in [3.63, 3.8) is 0 Å². The molecule has 82 valence electrons. The van der Waals surface area contributed by atoms with Gasteiger partial charge in [0.05, 0.1) is 6.20 Å². The summed E-state index contributed by atoms with van der Waals surface area (Å²) in [6, 6.07) is 9.24. The first-order valence-electron chi connectivity index (χ1n) is 5.14. The molecule has 0 aliphatic carbocycles. The van der Waals surface area contributed by atoms with Crippen LogP contribution in [0.5, 0.6) is 0 Å². The van der Waals surface area contributed by atoms with Crippen LogP contribution in [-0.4, -0.2) is 4.98 Å². The molecular weight excluding hydrogens is 203 g/mol. The van der Waals surface area contributed by atoms with Crippen LogP contribution in [0.1, 0.15) is 18.5 Å². The van der Waals surface area contributed by atoms with E-state index in [4.69, 9.17) is 5.73 Å². The third kappa shape index (κ3) is 2.09. The highest BCUT2D eigenvalue weighted by atomic mass is 19.1. The smallest absolute Gasteiger partial charge is 0.149 e. The Bertz CT molecular complexity index is 478. The van der Waals surface area contributed by atoms with Gasteiger partial charge in [-0.3, -0.25) is 4.98 Å². The van der Waals surface area contributed by atoms with Gasteiger partial charge in [0.15, 0.2) is 0 Å². The van der Waals surface area contributed by atoms with E-state index in [1.807, 2.05) is 31.2 Å². The lowest BCUT2D eigenvalue weighted by Gasteiger charge is -2.07. The van der Waals surface area contributed by atoms with Gasteiger partial charge in [0.25, 0.3) is 0 Å². The quantitative estimate of drug-likeness (QED) is 0.838. The summed E-state index contributed by atoms with van der Waals surface area (Å²) in [5.41, 5.74) is 8.19. The van der Waals surface area contributed by atoms with E-state index in [1.54, 1.807) is 12.3 Å². The van der Waals surface area contributed by atoms with E-state index in [1.165, 1.54) is 6.20 Å². The van der Waals surface area contributed by atoms with Crippen LogP contribution in [0.4, 0.5) is 4.39 Å². The predicted molar refractivity (Wildman–Crippen MR) is 62.2 cm³/mol. The van der Waals surface area contributed by atoms with Gasteiger partial charge in [0.1, 0.15) is 5.82 Å². The average Bonchev–Trinajstić information content (AvgIpc) is 2.30. The third-order valence-corrected chi connectivity index (χ3v) is 2.52. The monoisotopic (exact) mass is 216 g/mol. The van der Waals surface area contributed by atoms with Gasteiger partial charge in [-0.15, -0.1) is 0 Å². The maximum absolute atomic E-state index is 13.4. The molecule has 0 spiro atoms. The number of nitrogens with zero attached hydrogens (tertiary/aromatic N) is 1. The van der Waals surface area contributed by atoms with E-state index in [0.717, 1.165) is 11.1 Å². The molecule has 16 heavy (non-hydrogen) atoms. The molecule has 2 nitrogen and oxygen atoms in total. The van der Waals surface area contributed by atoms with Crippen LogP contribution in [0.2, 0.25) is 0 Å². The lowest BCUT2D eigenvalue weighted by atomic mass is 10.0. The molecule has 0 fully saturated rings. The molecule has 0 aliphatic heterocycles. The van der Waals surface area contributed by atoms with Gasteiger partial charge in [-0.05, 0) is 24.1 Å². The van der Waals surface area contributed by atoms with E-state index >= 15 is 0 Å². The first kappa shape index (κ1) is 10.8. The predicted octanol–water partition coefficient (Wildman–Crippen LogP) is 2.91. The molecule has 2 aromatic rings. The highest BCUT2D eigenvalue weighted by Crippen LogP contribution is 2.23. The normalized spacial score (nSPS) is 12.4. The molecule has 1 atom stereocenters. The summed E-state index contributed by atoms with van der Waals surface area (Å²) in [7, 11) is 0. The van der Waals surface area contributed by atoms with E-state index in [2.05, 4.69) is 4.98 Å². The van der Waals surface area contributed by atoms with Crippen LogP contribution in [0, 0.1) is 5.82 Å². The Morgan fingerprint density at radius 1 is 1.19 bits per heavy atom. The van der Waals surface area contributed by atoms with E-state index in [-0.39, 0.29) is 11.9 Å². The molecule has 3 heteroatoms. The zero-order chi connectivity index (χ0) is 11.5. The van der Waals surface area contributed by atoms with Crippen LogP contribution < -0.4 is 5.73 Å².